The fourth-order valence-electron chi connectivity index (χ4n) is 0.713. The summed E-state index contributed by atoms with van der Waals surface area (Å²) in [6, 6.07) is 6.66. The maximum atomic E-state index is 10.9. The van der Waals surface area contributed by atoms with Crippen molar-refractivity contribution in [2.45, 2.75) is 0 Å². The molecular formula is C10H10Cl2O. The molecule has 1 aromatic carbocycles. The molecule has 1 aromatic rings. The number of halogens is 2. The van der Waals surface area contributed by atoms with Gasteiger partial charge in [0, 0.05) is 10.6 Å². The fourth-order valence-corrected chi connectivity index (χ4v) is 0.993. The number of carbonyl (C=O) groups is 1. The van der Waals surface area contributed by atoms with E-state index in [4.69, 9.17) is 23.2 Å². The molecule has 0 aliphatic rings. The third kappa shape index (κ3) is 4.11. The van der Waals surface area contributed by atoms with Gasteiger partial charge in [-0.15, -0.1) is 24.8 Å². The van der Waals surface area contributed by atoms with Crippen LogP contribution in [0, 0.1) is 0 Å². The smallest absolute Gasteiger partial charge is 0.177 e. The predicted octanol–water partition coefficient (Wildman–Crippen LogP) is 3.56. The van der Waals surface area contributed by atoms with Crippen LogP contribution in [0.15, 0.2) is 37.4 Å². The third-order valence-corrected chi connectivity index (χ3v) is 1.78. The van der Waals surface area contributed by atoms with Crippen molar-refractivity contribution in [1.82, 2.24) is 0 Å². The van der Waals surface area contributed by atoms with Crippen LogP contribution in [0.25, 0.3) is 0 Å². The lowest BCUT2D eigenvalue weighted by atomic mass is 10.2. The van der Waals surface area contributed by atoms with Gasteiger partial charge in [0.2, 0.25) is 0 Å². The lowest BCUT2D eigenvalue weighted by Gasteiger charge is -1.95. The monoisotopic (exact) mass is 216 g/mol. The number of ketones is 1. The van der Waals surface area contributed by atoms with Gasteiger partial charge in [-0.05, 0) is 24.3 Å². The zero-order chi connectivity index (χ0) is 10.3. The van der Waals surface area contributed by atoms with Crippen molar-refractivity contribution in [3.05, 3.63) is 48.0 Å². The Hall–Kier alpha value is -0.790. The number of rotatable bonds is 2. The van der Waals surface area contributed by atoms with E-state index in [1.807, 2.05) is 0 Å². The van der Waals surface area contributed by atoms with Gasteiger partial charge in [-0.1, -0.05) is 11.6 Å². The quantitative estimate of drug-likeness (QED) is 0.420. The van der Waals surface area contributed by atoms with Crippen LogP contribution in [0.5, 0.6) is 0 Å². The fraction of sp³-hybridized carbons (Fsp3) is 0.100. The summed E-state index contributed by atoms with van der Waals surface area (Å²) in [6.45, 7) is 6.00. The summed E-state index contributed by atoms with van der Waals surface area (Å²) in [5.74, 6) is -0.0647. The minimum atomic E-state index is -0.0802. The molecule has 0 N–H and O–H groups in total. The Morgan fingerprint density at radius 3 is 2.08 bits per heavy atom. The van der Waals surface area contributed by atoms with Crippen LogP contribution in [0.3, 0.4) is 0 Å². The van der Waals surface area contributed by atoms with Crippen LogP contribution in [-0.4, -0.2) is 11.7 Å². The van der Waals surface area contributed by atoms with Crippen LogP contribution >= 0.6 is 23.2 Å². The highest BCUT2D eigenvalue weighted by Crippen LogP contribution is 2.10. The van der Waals surface area contributed by atoms with Crippen molar-refractivity contribution in [1.29, 1.82) is 0 Å². The summed E-state index contributed by atoms with van der Waals surface area (Å²) in [5, 5.41) is 0.621. The Morgan fingerprint density at radius 1 is 1.23 bits per heavy atom. The maximum Gasteiger partial charge on any atom is 0.177 e. The molecule has 0 saturated carbocycles. The van der Waals surface area contributed by atoms with Gasteiger partial charge >= 0.3 is 0 Å². The third-order valence-electron chi connectivity index (χ3n) is 1.29. The van der Waals surface area contributed by atoms with Gasteiger partial charge in [0.1, 0.15) is 0 Å². The van der Waals surface area contributed by atoms with Crippen LogP contribution in [0.1, 0.15) is 10.4 Å². The molecule has 1 nitrogen and oxygen atoms in total. The molecule has 0 aliphatic carbocycles. The molecule has 0 saturated heterocycles. The second-order valence-corrected chi connectivity index (χ2v) is 2.77. The normalized spacial score (nSPS) is 8.46. The molecule has 0 spiro atoms. The largest absolute Gasteiger partial charge is 0.293 e. The Bertz CT molecular complexity index is 267. The molecule has 0 unspecified atom stereocenters. The molecule has 13 heavy (non-hydrogen) atoms. The van der Waals surface area contributed by atoms with Crippen molar-refractivity contribution in [3.63, 3.8) is 0 Å². The summed E-state index contributed by atoms with van der Waals surface area (Å²) in [6.07, 6.45) is 0. The molecule has 1 rings (SSSR count). The standard InChI is InChI=1S/C8H6Cl2O.C2H4/c9-5-8(11)6-1-3-7(10)4-2-6;1-2/h1-4H,5H2;1-2H2. The van der Waals surface area contributed by atoms with Gasteiger partial charge < -0.3 is 0 Å². The van der Waals surface area contributed by atoms with E-state index in [1.165, 1.54) is 0 Å². The van der Waals surface area contributed by atoms with Gasteiger partial charge in [0.05, 0.1) is 5.88 Å². The molecule has 3 heteroatoms. The molecule has 0 aromatic heterocycles. The molecule has 0 amide bonds. The molecule has 0 aliphatic heterocycles. The molecule has 0 fully saturated rings. The van der Waals surface area contributed by atoms with E-state index >= 15 is 0 Å². The second kappa shape index (κ2) is 6.70. The van der Waals surface area contributed by atoms with Gasteiger partial charge in [-0.3, -0.25) is 4.79 Å². The number of carbonyl (C=O) groups excluding carboxylic acids is 1. The first-order valence-electron chi connectivity index (χ1n) is 3.59. The van der Waals surface area contributed by atoms with E-state index < -0.39 is 0 Å². The van der Waals surface area contributed by atoms with E-state index in [0.29, 0.717) is 10.6 Å². The average Bonchev–Trinajstić information content (AvgIpc) is 2.21. The Labute approximate surface area is 88.0 Å². The number of alkyl halides is 1. The maximum absolute atomic E-state index is 10.9. The number of hydrogen-bond acceptors (Lipinski definition) is 1. The van der Waals surface area contributed by atoms with Crippen LogP contribution < -0.4 is 0 Å². The summed E-state index contributed by atoms with van der Waals surface area (Å²) < 4.78 is 0. The Balaban J connectivity index is 0.000000671. The predicted molar refractivity (Wildman–Crippen MR) is 57.8 cm³/mol. The number of benzene rings is 1. The Kier molecular flexibility index (Phi) is 6.29. The van der Waals surface area contributed by atoms with Crippen molar-refractivity contribution in [2.24, 2.45) is 0 Å². The first-order chi connectivity index (χ1) is 6.24. The molecule has 0 radical (unpaired) electrons. The molecule has 0 atom stereocenters. The highest BCUT2D eigenvalue weighted by Gasteiger charge is 2.01. The van der Waals surface area contributed by atoms with Crippen LogP contribution in [0.2, 0.25) is 5.02 Å². The molecular weight excluding hydrogens is 207 g/mol. The van der Waals surface area contributed by atoms with Crippen LogP contribution in [0.4, 0.5) is 0 Å². The molecule has 70 valence electrons. The summed E-state index contributed by atoms with van der Waals surface area (Å²) in [7, 11) is 0. The second-order valence-electron chi connectivity index (χ2n) is 2.06. The summed E-state index contributed by atoms with van der Waals surface area (Å²) in [5.41, 5.74) is 0.601. The minimum absolute atomic E-state index is 0.0155. The van der Waals surface area contributed by atoms with Gasteiger partial charge in [0.25, 0.3) is 0 Å². The Morgan fingerprint density at radius 2 is 1.69 bits per heavy atom. The number of Topliss-reactive ketones (excluding diaryl/α,β-unsaturated/α-hetero) is 1. The first-order valence-corrected chi connectivity index (χ1v) is 4.50. The van der Waals surface area contributed by atoms with Gasteiger partial charge in [-0.2, -0.15) is 0 Å². The van der Waals surface area contributed by atoms with E-state index in [-0.39, 0.29) is 11.7 Å². The van der Waals surface area contributed by atoms with Crippen molar-refractivity contribution in [2.75, 3.05) is 5.88 Å². The molecule has 0 heterocycles. The summed E-state index contributed by atoms with van der Waals surface area (Å²) >= 11 is 11.0. The first kappa shape index (κ1) is 12.2. The summed E-state index contributed by atoms with van der Waals surface area (Å²) in [4.78, 5) is 10.9. The lowest BCUT2D eigenvalue weighted by Crippen LogP contribution is -1.98. The average molecular weight is 217 g/mol. The highest BCUT2D eigenvalue weighted by atomic mass is 35.5. The highest BCUT2D eigenvalue weighted by molar-refractivity contribution is 6.31. The van der Waals surface area contributed by atoms with Crippen molar-refractivity contribution in [3.8, 4) is 0 Å². The van der Waals surface area contributed by atoms with Gasteiger partial charge in [0.15, 0.2) is 5.78 Å². The van der Waals surface area contributed by atoms with Crippen molar-refractivity contribution < 1.29 is 4.79 Å². The minimum Gasteiger partial charge on any atom is -0.293 e. The number of hydrogen-bond donors (Lipinski definition) is 0. The SMILES string of the molecule is C=C.O=C(CCl)c1ccc(Cl)cc1. The van der Waals surface area contributed by atoms with E-state index in [2.05, 4.69) is 13.2 Å². The van der Waals surface area contributed by atoms with Gasteiger partial charge in [-0.25, -0.2) is 0 Å². The zero-order valence-electron chi connectivity index (χ0n) is 7.09. The van der Waals surface area contributed by atoms with E-state index in [1.54, 1.807) is 24.3 Å². The van der Waals surface area contributed by atoms with Crippen molar-refractivity contribution >= 4 is 29.0 Å². The topological polar surface area (TPSA) is 17.1 Å². The zero-order valence-corrected chi connectivity index (χ0v) is 8.61. The van der Waals surface area contributed by atoms with E-state index in [9.17, 15) is 4.79 Å². The molecule has 0 bridgehead atoms. The van der Waals surface area contributed by atoms with Crippen LogP contribution in [-0.2, 0) is 0 Å². The van der Waals surface area contributed by atoms with E-state index in [0.717, 1.165) is 0 Å². The lowest BCUT2D eigenvalue weighted by molar-refractivity contribution is 0.102.